The first kappa shape index (κ1) is 19.6. The van der Waals surface area contributed by atoms with Gasteiger partial charge in [-0.2, -0.15) is 0 Å². The number of rotatable bonds is 7. The van der Waals surface area contributed by atoms with Gasteiger partial charge in [-0.25, -0.2) is 4.98 Å². The number of pyridine rings is 1. The molecule has 1 amide bonds. The van der Waals surface area contributed by atoms with E-state index >= 15 is 0 Å². The predicted molar refractivity (Wildman–Crippen MR) is 113 cm³/mol. The summed E-state index contributed by atoms with van der Waals surface area (Å²) in [6, 6.07) is 18.0. The molecule has 2 heterocycles. The lowest BCUT2D eigenvalue weighted by atomic mass is 10.0. The van der Waals surface area contributed by atoms with Crippen LogP contribution in [0.3, 0.4) is 0 Å². The minimum Gasteiger partial charge on any atom is -0.497 e. The van der Waals surface area contributed by atoms with E-state index in [0.717, 1.165) is 22.3 Å². The lowest BCUT2D eigenvalue weighted by Gasteiger charge is -2.30. The molecular formula is C23H22N4O3. The van der Waals surface area contributed by atoms with Crippen LogP contribution in [0, 0.1) is 0 Å². The molecule has 2 N–H and O–H groups in total. The summed E-state index contributed by atoms with van der Waals surface area (Å²) in [5.74, 6) is 1.13. The summed E-state index contributed by atoms with van der Waals surface area (Å²) in [5.41, 5.74) is 3.04. The number of hydrogen-bond donors (Lipinski definition) is 2. The van der Waals surface area contributed by atoms with Gasteiger partial charge >= 0.3 is 0 Å². The third kappa shape index (κ3) is 3.88. The van der Waals surface area contributed by atoms with E-state index in [1.54, 1.807) is 36.5 Å². The van der Waals surface area contributed by atoms with Crippen molar-refractivity contribution in [3.8, 4) is 5.75 Å². The van der Waals surface area contributed by atoms with Gasteiger partial charge in [0.15, 0.2) is 0 Å². The Morgan fingerprint density at radius 1 is 1.10 bits per heavy atom. The van der Waals surface area contributed by atoms with Crippen molar-refractivity contribution in [2.24, 2.45) is 0 Å². The van der Waals surface area contributed by atoms with Crippen LogP contribution in [-0.4, -0.2) is 51.1 Å². The molecule has 2 aromatic heterocycles. The smallest absolute Gasteiger partial charge is 0.254 e. The van der Waals surface area contributed by atoms with Gasteiger partial charge in [-0.15, -0.1) is 0 Å². The Morgan fingerprint density at radius 2 is 1.83 bits per heavy atom. The molecule has 152 valence electrons. The Balaban J connectivity index is 1.84. The summed E-state index contributed by atoms with van der Waals surface area (Å²) < 4.78 is 5.28. The number of aliphatic hydroxyl groups is 1. The Morgan fingerprint density at radius 3 is 2.50 bits per heavy atom. The number of fused-ring (bicyclic) bond motifs is 1. The SMILES string of the molecule is COc1ccc(C(c2nc3ccccc3[nH]2)N(CCO)C(=O)c2ccncc2)cc1. The average molecular weight is 402 g/mol. The fourth-order valence-corrected chi connectivity index (χ4v) is 3.49. The van der Waals surface area contributed by atoms with E-state index in [1.807, 2.05) is 48.5 Å². The van der Waals surface area contributed by atoms with Crippen molar-refractivity contribution in [1.82, 2.24) is 19.9 Å². The van der Waals surface area contributed by atoms with Gasteiger partial charge < -0.3 is 19.7 Å². The van der Waals surface area contributed by atoms with Crippen molar-refractivity contribution in [2.45, 2.75) is 6.04 Å². The monoisotopic (exact) mass is 402 g/mol. The highest BCUT2D eigenvalue weighted by Gasteiger charge is 2.30. The van der Waals surface area contributed by atoms with Gasteiger partial charge in [-0.05, 0) is 42.0 Å². The topological polar surface area (TPSA) is 91.3 Å². The Labute approximate surface area is 174 Å². The minimum absolute atomic E-state index is 0.148. The molecule has 30 heavy (non-hydrogen) atoms. The van der Waals surface area contributed by atoms with Gasteiger partial charge in [0.2, 0.25) is 0 Å². The van der Waals surface area contributed by atoms with Crippen LogP contribution in [0.5, 0.6) is 5.75 Å². The molecule has 1 atom stereocenters. The number of aliphatic hydroxyl groups excluding tert-OH is 1. The first-order valence-electron chi connectivity index (χ1n) is 9.61. The number of ether oxygens (including phenoxy) is 1. The van der Waals surface area contributed by atoms with Crippen LogP contribution in [0.2, 0.25) is 0 Å². The van der Waals surface area contributed by atoms with E-state index in [0.29, 0.717) is 11.4 Å². The van der Waals surface area contributed by atoms with Crippen LogP contribution >= 0.6 is 0 Å². The number of carbonyl (C=O) groups excluding carboxylic acids is 1. The van der Waals surface area contributed by atoms with Crippen molar-refractivity contribution in [1.29, 1.82) is 0 Å². The number of H-pyrrole nitrogens is 1. The lowest BCUT2D eigenvalue weighted by molar-refractivity contribution is 0.0659. The van der Waals surface area contributed by atoms with Gasteiger partial charge in [0.1, 0.15) is 17.6 Å². The predicted octanol–water partition coefficient (Wildman–Crippen LogP) is 3.19. The van der Waals surface area contributed by atoms with Crippen molar-refractivity contribution >= 4 is 16.9 Å². The van der Waals surface area contributed by atoms with Gasteiger partial charge in [0, 0.05) is 24.5 Å². The Hall–Kier alpha value is -3.71. The summed E-state index contributed by atoms with van der Waals surface area (Å²) in [6.45, 7) is -0.0292. The Bertz CT molecular complexity index is 1090. The van der Waals surface area contributed by atoms with Gasteiger partial charge in [0.05, 0.1) is 24.8 Å². The second kappa shape index (κ2) is 8.75. The molecule has 0 saturated carbocycles. The van der Waals surface area contributed by atoms with Crippen LogP contribution in [0.25, 0.3) is 11.0 Å². The highest BCUT2D eigenvalue weighted by atomic mass is 16.5. The molecule has 7 heteroatoms. The van der Waals surface area contributed by atoms with Crippen molar-refractivity contribution in [3.63, 3.8) is 0 Å². The van der Waals surface area contributed by atoms with Crippen LogP contribution in [0.15, 0.2) is 73.1 Å². The molecule has 0 fully saturated rings. The fraction of sp³-hybridized carbons (Fsp3) is 0.174. The van der Waals surface area contributed by atoms with Crippen LogP contribution in [0.4, 0.5) is 0 Å². The van der Waals surface area contributed by atoms with Crippen molar-refractivity contribution in [3.05, 3.63) is 90.0 Å². The number of nitrogens with one attached hydrogen (secondary N) is 1. The zero-order valence-electron chi connectivity index (χ0n) is 16.5. The quantitative estimate of drug-likeness (QED) is 0.495. The zero-order valence-corrected chi connectivity index (χ0v) is 16.5. The summed E-state index contributed by atoms with van der Waals surface area (Å²) in [5, 5.41) is 9.74. The molecule has 2 aromatic carbocycles. The van der Waals surface area contributed by atoms with E-state index in [2.05, 4.69) is 9.97 Å². The highest BCUT2D eigenvalue weighted by Crippen LogP contribution is 2.31. The van der Waals surface area contributed by atoms with Gasteiger partial charge in [0.25, 0.3) is 5.91 Å². The first-order valence-corrected chi connectivity index (χ1v) is 9.61. The standard InChI is InChI=1S/C23H22N4O3/c1-30-18-8-6-16(7-9-18)21(22-25-19-4-2-3-5-20(19)26-22)27(14-15-28)23(29)17-10-12-24-13-11-17/h2-13,21,28H,14-15H2,1H3,(H,25,26). The molecule has 0 aliphatic heterocycles. The first-order chi connectivity index (χ1) is 14.7. The summed E-state index contributed by atoms with van der Waals surface area (Å²) in [6.07, 6.45) is 3.15. The third-order valence-corrected chi connectivity index (χ3v) is 4.94. The molecular weight excluding hydrogens is 380 g/mol. The molecule has 0 radical (unpaired) electrons. The minimum atomic E-state index is -0.517. The number of carbonyl (C=O) groups is 1. The summed E-state index contributed by atoms with van der Waals surface area (Å²) in [7, 11) is 1.61. The zero-order chi connectivity index (χ0) is 20.9. The van der Waals surface area contributed by atoms with E-state index < -0.39 is 6.04 Å². The van der Waals surface area contributed by atoms with Crippen molar-refractivity contribution in [2.75, 3.05) is 20.3 Å². The molecule has 4 aromatic rings. The highest BCUT2D eigenvalue weighted by molar-refractivity contribution is 5.94. The van der Waals surface area contributed by atoms with Crippen LogP contribution in [0.1, 0.15) is 27.8 Å². The average Bonchev–Trinajstić information content (AvgIpc) is 3.23. The molecule has 0 saturated heterocycles. The molecule has 0 bridgehead atoms. The molecule has 0 spiro atoms. The van der Waals surface area contributed by atoms with E-state index in [1.165, 1.54) is 0 Å². The molecule has 7 nitrogen and oxygen atoms in total. The van der Waals surface area contributed by atoms with E-state index in [4.69, 9.17) is 9.72 Å². The fourth-order valence-electron chi connectivity index (χ4n) is 3.49. The third-order valence-electron chi connectivity index (χ3n) is 4.94. The van der Waals surface area contributed by atoms with Gasteiger partial charge in [-0.3, -0.25) is 9.78 Å². The second-order valence-corrected chi connectivity index (χ2v) is 6.77. The number of aromatic nitrogens is 3. The number of para-hydroxylation sites is 2. The number of methoxy groups -OCH3 is 1. The number of imidazole rings is 1. The van der Waals surface area contributed by atoms with E-state index in [-0.39, 0.29) is 19.1 Å². The maximum atomic E-state index is 13.4. The lowest BCUT2D eigenvalue weighted by Crippen LogP contribution is -2.38. The second-order valence-electron chi connectivity index (χ2n) is 6.77. The summed E-state index contributed by atoms with van der Waals surface area (Å²) >= 11 is 0. The largest absolute Gasteiger partial charge is 0.497 e. The van der Waals surface area contributed by atoms with Crippen molar-refractivity contribution < 1.29 is 14.6 Å². The summed E-state index contributed by atoms with van der Waals surface area (Å²) in [4.78, 5) is 27.1. The number of aromatic amines is 1. The maximum absolute atomic E-state index is 13.4. The Kier molecular flexibility index (Phi) is 5.72. The number of nitrogens with zero attached hydrogens (tertiary/aromatic N) is 3. The molecule has 4 rings (SSSR count). The normalized spacial score (nSPS) is 11.9. The number of benzene rings is 2. The molecule has 0 aliphatic carbocycles. The maximum Gasteiger partial charge on any atom is 0.254 e. The number of hydrogen-bond acceptors (Lipinski definition) is 5. The van der Waals surface area contributed by atoms with Gasteiger partial charge in [-0.1, -0.05) is 24.3 Å². The van der Waals surface area contributed by atoms with E-state index in [9.17, 15) is 9.90 Å². The van der Waals surface area contributed by atoms with Crippen LogP contribution in [-0.2, 0) is 0 Å². The number of amides is 1. The molecule has 1 unspecified atom stereocenters. The molecule has 0 aliphatic rings. The van der Waals surface area contributed by atoms with Crippen LogP contribution < -0.4 is 4.74 Å².